The van der Waals surface area contributed by atoms with Gasteiger partial charge in [0.15, 0.2) is 0 Å². The number of nitrogens with one attached hydrogen (secondary N) is 1. The molecule has 0 aliphatic carbocycles. The van der Waals surface area contributed by atoms with Gasteiger partial charge in [-0.2, -0.15) is 0 Å². The van der Waals surface area contributed by atoms with Crippen molar-refractivity contribution in [3.8, 4) is 0 Å². The van der Waals surface area contributed by atoms with Gasteiger partial charge >= 0.3 is 6.09 Å². The number of hydrogen-bond acceptors (Lipinski definition) is 7. The molecule has 8 nitrogen and oxygen atoms in total. The van der Waals surface area contributed by atoms with Crippen LogP contribution in [0.4, 0.5) is 10.5 Å². The molecule has 0 radical (unpaired) electrons. The number of amides is 1. The molecule has 0 bridgehead atoms. The highest BCUT2D eigenvalue weighted by Crippen LogP contribution is 2.38. The minimum atomic E-state index is -0.684. The highest BCUT2D eigenvalue weighted by Gasteiger charge is 2.44. The number of ether oxygens (including phenoxy) is 1. The van der Waals surface area contributed by atoms with E-state index in [0.29, 0.717) is 18.7 Å². The Kier molecular flexibility index (Phi) is 7.52. The van der Waals surface area contributed by atoms with Gasteiger partial charge in [-0.15, -0.1) is 0 Å². The number of Topliss-reactive ketones (excluding diaryl/α,β-unsaturated/α-hetero) is 1. The van der Waals surface area contributed by atoms with Gasteiger partial charge in [-0.3, -0.25) is 19.7 Å². The van der Waals surface area contributed by atoms with Gasteiger partial charge in [0.25, 0.3) is 0 Å². The molecule has 3 aromatic rings. The maximum absolute atomic E-state index is 13.6. The molecule has 0 saturated carbocycles. The third-order valence-corrected chi connectivity index (χ3v) is 6.45. The quantitative estimate of drug-likeness (QED) is 0.501. The summed E-state index contributed by atoms with van der Waals surface area (Å²) in [6, 6.07) is 9.79. The normalized spacial score (nSPS) is 18.2. The lowest BCUT2D eigenvalue weighted by Crippen LogP contribution is -2.51. The number of aromatic nitrogens is 3. The van der Waals surface area contributed by atoms with Crippen LogP contribution in [0, 0.1) is 0 Å². The molecule has 4 heterocycles. The molecule has 1 N–H and O–H groups in total. The Morgan fingerprint density at radius 2 is 2.03 bits per heavy atom. The first-order valence-corrected chi connectivity index (χ1v) is 12.6. The summed E-state index contributed by atoms with van der Waals surface area (Å²) in [7, 11) is 0. The number of fused-ring (bicyclic) bond motifs is 1. The summed E-state index contributed by atoms with van der Waals surface area (Å²) >= 11 is 0. The lowest BCUT2D eigenvalue weighted by molar-refractivity contribution is -0.125. The molecular weight excluding hydrogens is 454 g/mol. The topological polar surface area (TPSA) is 97.3 Å². The average molecular weight is 490 g/mol. The van der Waals surface area contributed by atoms with E-state index >= 15 is 0 Å². The fourth-order valence-corrected chi connectivity index (χ4v) is 4.76. The van der Waals surface area contributed by atoms with Gasteiger partial charge in [0.1, 0.15) is 11.4 Å². The third kappa shape index (κ3) is 5.80. The summed E-state index contributed by atoms with van der Waals surface area (Å²) in [6.07, 6.45) is 7.84. The van der Waals surface area contributed by atoms with Crippen molar-refractivity contribution in [2.24, 2.45) is 0 Å². The number of carbonyl (C=O) groups excluding carboxylic acids is 2. The van der Waals surface area contributed by atoms with E-state index < -0.39 is 17.1 Å². The first-order chi connectivity index (χ1) is 17.2. The van der Waals surface area contributed by atoms with Crippen LogP contribution < -0.4 is 10.2 Å². The zero-order valence-corrected chi connectivity index (χ0v) is 21.6. The molecule has 1 aliphatic rings. The first-order valence-electron chi connectivity index (χ1n) is 12.6. The van der Waals surface area contributed by atoms with Crippen molar-refractivity contribution < 1.29 is 14.3 Å². The van der Waals surface area contributed by atoms with Crippen molar-refractivity contribution in [3.63, 3.8) is 0 Å². The van der Waals surface area contributed by atoms with Crippen LogP contribution >= 0.6 is 0 Å². The van der Waals surface area contributed by atoms with Gasteiger partial charge in [-0.1, -0.05) is 6.92 Å². The molecule has 0 aromatic carbocycles. The monoisotopic (exact) mass is 489 g/mol. The zero-order chi connectivity index (χ0) is 25.8. The van der Waals surface area contributed by atoms with Crippen molar-refractivity contribution in [1.29, 1.82) is 0 Å². The Morgan fingerprint density at radius 1 is 1.19 bits per heavy atom. The molecule has 1 fully saturated rings. The van der Waals surface area contributed by atoms with E-state index in [1.165, 1.54) is 0 Å². The number of anilines is 1. The van der Waals surface area contributed by atoms with Gasteiger partial charge in [-0.25, -0.2) is 4.79 Å². The summed E-state index contributed by atoms with van der Waals surface area (Å²) in [5, 5.41) is 3.63. The predicted octanol–water partition coefficient (Wildman–Crippen LogP) is 4.96. The molecular formula is C28H35N5O3. The second kappa shape index (κ2) is 10.6. The molecule has 0 spiro atoms. The highest BCUT2D eigenvalue weighted by atomic mass is 16.6. The Bertz CT molecular complexity index is 1220. The number of pyridine rings is 3. The molecule has 1 saturated heterocycles. The third-order valence-electron chi connectivity index (χ3n) is 6.45. The van der Waals surface area contributed by atoms with Gasteiger partial charge in [-0.05, 0) is 70.4 Å². The Labute approximate surface area is 212 Å². The molecule has 8 heteroatoms. The summed E-state index contributed by atoms with van der Waals surface area (Å²) in [5.74, 6) is 0.228. The fraction of sp³-hybridized carbons (Fsp3) is 0.464. The molecule has 36 heavy (non-hydrogen) atoms. The predicted molar refractivity (Wildman–Crippen MR) is 140 cm³/mol. The van der Waals surface area contributed by atoms with E-state index in [4.69, 9.17) is 9.72 Å². The van der Waals surface area contributed by atoms with Crippen molar-refractivity contribution in [2.75, 3.05) is 18.0 Å². The molecule has 3 aromatic heterocycles. The Hall–Kier alpha value is -3.55. The lowest BCUT2D eigenvalue weighted by Gasteiger charge is -2.42. The smallest absolute Gasteiger partial charge is 0.407 e. The van der Waals surface area contributed by atoms with Crippen LogP contribution in [0.1, 0.15) is 64.8 Å². The van der Waals surface area contributed by atoms with Gasteiger partial charge < -0.3 is 15.0 Å². The van der Waals surface area contributed by atoms with Crippen LogP contribution in [0.3, 0.4) is 0 Å². The largest absolute Gasteiger partial charge is 0.444 e. The Morgan fingerprint density at radius 3 is 2.75 bits per heavy atom. The number of hydrogen-bond donors (Lipinski definition) is 1. The molecule has 1 unspecified atom stereocenters. The summed E-state index contributed by atoms with van der Waals surface area (Å²) in [4.78, 5) is 41.7. The maximum Gasteiger partial charge on any atom is 0.407 e. The van der Waals surface area contributed by atoms with E-state index in [1.807, 2.05) is 64.2 Å². The number of piperidine rings is 1. The molecule has 1 amide bonds. The van der Waals surface area contributed by atoms with Crippen LogP contribution in [0.2, 0.25) is 0 Å². The Balaban J connectivity index is 1.64. The van der Waals surface area contributed by atoms with E-state index in [0.717, 1.165) is 48.1 Å². The van der Waals surface area contributed by atoms with Crippen molar-refractivity contribution in [1.82, 2.24) is 20.3 Å². The van der Waals surface area contributed by atoms with Gasteiger partial charge in [0, 0.05) is 37.3 Å². The second-order valence-electron chi connectivity index (χ2n) is 10.4. The van der Waals surface area contributed by atoms with Crippen LogP contribution in [-0.4, -0.2) is 45.5 Å². The van der Waals surface area contributed by atoms with Crippen LogP contribution in [0.5, 0.6) is 0 Å². The lowest BCUT2D eigenvalue weighted by atomic mass is 9.72. The maximum atomic E-state index is 13.6. The first kappa shape index (κ1) is 25.5. The molecule has 1 atom stereocenters. The average Bonchev–Trinajstić information content (AvgIpc) is 2.86. The SMILES string of the molecule is CCCC(=O)C1(c2ccc3cnc(CNC(=O)OC(C)(C)C)cc3n2)CCCN(c2cccnc2)C1. The van der Waals surface area contributed by atoms with E-state index in [1.54, 1.807) is 12.4 Å². The summed E-state index contributed by atoms with van der Waals surface area (Å²) < 4.78 is 5.31. The molecule has 1 aliphatic heterocycles. The van der Waals surface area contributed by atoms with E-state index in [-0.39, 0.29) is 12.3 Å². The highest BCUT2D eigenvalue weighted by molar-refractivity contribution is 5.91. The van der Waals surface area contributed by atoms with E-state index in [9.17, 15) is 9.59 Å². The van der Waals surface area contributed by atoms with Crippen LogP contribution in [-0.2, 0) is 21.5 Å². The van der Waals surface area contributed by atoms with Crippen molar-refractivity contribution in [3.05, 3.63) is 60.3 Å². The zero-order valence-electron chi connectivity index (χ0n) is 21.6. The standard InChI is InChI=1S/C28H35N5O3/c1-5-8-25(34)28(12-7-14-33(19-28)22-9-6-13-29-18-22)24-11-10-20-16-30-21(15-23(20)32-24)17-31-26(35)36-27(2,3)4/h6,9-11,13,15-16,18H,5,7-8,12,14,17,19H2,1-4H3,(H,31,35). The van der Waals surface area contributed by atoms with Crippen LogP contribution in [0.15, 0.2) is 48.9 Å². The van der Waals surface area contributed by atoms with Gasteiger partial charge in [0.05, 0.1) is 40.7 Å². The fourth-order valence-electron chi connectivity index (χ4n) is 4.76. The van der Waals surface area contributed by atoms with Gasteiger partial charge in [0.2, 0.25) is 0 Å². The summed E-state index contributed by atoms with van der Waals surface area (Å²) in [5.41, 5.74) is 1.99. The number of ketones is 1. The van der Waals surface area contributed by atoms with Crippen molar-refractivity contribution >= 4 is 28.5 Å². The molecule has 190 valence electrons. The minimum Gasteiger partial charge on any atom is -0.444 e. The van der Waals surface area contributed by atoms with Crippen LogP contribution in [0.25, 0.3) is 10.9 Å². The minimum absolute atomic E-state index is 0.228. The number of rotatable bonds is 7. The van der Waals surface area contributed by atoms with Crippen molar-refractivity contribution in [2.45, 2.75) is 70.9 Å². The number of nitrogens with zero attached hydrogens (tertiary/aromatic N) is 4. The van der Waals surface area contributed by atoms with E-state index in [2.05, 4.69) is 20.2 Å². The number of alkyl carbamates (subject to hydrolysis) is 1. The molecule has 4 rings (SSSR count). The second-order valence-corrected chi connectivity index (χ2v) is 10.4. The number of carbonyl (C=O) groups is 2. The summed E-state index contributed by atoms with van der Waals surface area (Å²) in [6.45, 7) is 9.19.